The van der Waals surface area contributed by atoms with Gasteiger partial charge in [0.15, 0.2) is 46.1 Å². The Morgan fingerprint density at radius 1 is 0.164 bits per heavy atom. The maximum Gasteiger partial charge on any atom is 0.167 e. The van der Waals surface area contributed by atoms with Crippen molar-refractivity contribution in [1.29, 1.82) is 0 Å². The predicted molar refractivity (Wildman–Crippen MR) is 523 cm³/mol. The van der Waals surface area contributed by atoms with Gasteiger partial charge in [-0.05, 0) is 180 Å². The van der Waals surface area contributed by atoms with E-state index in [1.807, 2.05) is 91.0 Å². The lowest BCUT2D eigenvalue weighted by Gasteiger charge is -2.13. The number of aromatic nitrogens is 8. The molecule has 8 heterocycles. The first-order chi connectivity index (χ1) is 63.4. The second-order valence-electron chi connectivity index (χ2n) is 33.0. The van der Waals surface area contributed by atoms with Crippen LogP contribution in [0.3, 0.4) is 0 Å². The van der Waals surface area contributed by atoms with E-state index in [2.05, 4.69) is 319 Å². The van der Waals surface area contributed by atoms with Crippen LogP contribution in [-0.2, 0) is 0 Å². The van der Waals surface area contributed by atoms with Gasteiger partial charge in [0.2, 0.25) is 0 Å². The molecule has 128 heavy (non-hydrogen) atoms. The van der Waals surface area contributed by atoms with E-state index in [1.165, 1.54) is 64.6 Å². The van der Waals surface area contributed by atoms with Crippen LogP contribution in [0.5, 0.6) is 0 Å². The van der Waals surface area contributed by atoms with Crippen molar-refractivity contribution in [2.75, 3.05) is 0 Å². The molecule has 8 aromatic heterocycles. The lowest BCUT2D eigenvalue weighted by Crippen LogP contribution is -2.01. The van der Waals surface area contributed by atoms with Crippen molar-refractivity contribution in [3.63, 3.8) is 0 Å². The molecule has 0 aliphatic carbocycles. The third kappa shape index (κ3) is 11.1. The Labute approximate surface area is 728 Å². The van der Waals surface area contributed by atoms with Crippen molar-refractivity contribution in [3.8, 4) is 90.8 Å². The largest absolute Gasteiger partial charge is 0.456 e. The summed E-state index contributed by atoms with van der Waals surface area (Å²) in [5.41, 5.74) is 20.0. The van der Waals surface area contributed by atoms with Crippen LogP contribution in [0, 0.1) is 0 Å². The molecule has 0 aliphatic rings. The second-order valence-corrected chi connectivity index (χ2v) is 33.0. The normalized spacial score (nSPS) is 12.1. The number of hydrogen-bond donors (Lipinski definition) is 0. The molecule has 0 unspecified atom stereocenters. The summed E-state index contributed by atoms with van der Waals surface area (Å²) < 4.78 is 31.6. The Morgan fingerprint density at radius 2 is 0.531 bits per heavy atom. The van der Waals surface area contributed by atoms with Crippen molar-refractivity contribution in [2.24, 2.45) is 0 Å². The van der Waals surface area contributed by atoms with E-state index in [1.54, 1.807) is 0 Å². The van der Waals surface area contributed by atoms with E-state index in [4.69, 9.17) is 47.6 Å². The topological polar surface area (TPSA) is 140 Å². The third-order valence-corrected chi connectivity index (χ3v) is 25.8. The third-order valence-electron chi connectivity index (χ3n) is 25.8. The van der Waals surface area contributed by atoms with E-state index in [-0.39, 0.29) is 0 Å². The molecule has 12 heteroatoms. The number of rotatable bonds is 9. The lowest BCUT2D eigenvalue weighted by atomic mass is 10.0. The van der Waals surface area contributed by atoms with Crippen molar-refractivity contribution >= 4 is 185 Å². The Morgan fingerprint density at radius 3 is 1.12 bits per heavy atom. The average molecular weight is 1640 g/mol. The quantitative estimate of drug-likeness (QED) is 0.137. The molecule has 20 aromatic carbocycles. The van der Waals surface area contributed by atoms with Crippen molar-refractivity contribution in [1.82, 2.24) is 39.0 Å². The minimum absolute atomic E-state index is 0.521. The highest BCUT2D eigenvalue weighted by Crippen LogP contribution is 2.49. The molecule has 28 aromatic rings. The molecule has 0 aliphatic heterocycles. The number of fused-ring (bicyclic) bond motifs is 24. The zero-order valence-corrected chi connectivity index (χ0v) is 68.3. The summed E-state index contributed by atoms with van der Waals surface area (Å²) in [4.78, 5) is 31.8. The number of benzene rings is 20. The van der Waals surface area contributed by atoms with Crippen LogP contribution in [0.25, 0.3) is 276 Å². The van der Waals surface area contributed by atoms with Gasteiger partial charge in [0.05, 0.1) is 39.0 Å². The fraction of sp³-hybridized carbons (Fsp3) is 0. The van der Waals surface area contributed by atoms with Gasteiger partial charge in [-0.25, -0.2) is 29.9 Å². The monoisotopic (exact) mass is 1630 g/mol. The van der Waals surface area contributed by atoms with Crippen LogP contribution in [0.15, 0.2) is 418 Å². The molecule has 0 radical (unpaired) electrons. The highest BCUT2D eigenvalue weighted by atomic mass is 16.3. The molecule has 28 rings (SSSR count). The molecular formula is C116H66N8O4. The van der Waals surface area contributed by atoms with Gasteiger partial charge in [-0.1, -0.05) is 285 Å². The van der Waals surface area contributed by atoms with Gasteiger partial charge in [-0.15, -0.1) is 0 Å². The zero-order valence-electron chi connectivity index (χ0n) is 68.3. The number of para-hydroxylation sites is 5. The average Bonchev–Trinajstić information content (AvgIpc) is 1.55. The van der Waals surface area contributed by atoms with E-state index >= 15 is 0 Å². The summed E-state index contributed by atoms with van der Waals surface area (Å²) in [5.74, 6) is 3.34. The number of furan rings is 4. The van der Waals surface area contributed by atoms with Gasteiger partial charge in [0.1, 0.15) is 33.5 Å². The van der Waals surface area contributed by atoms with E-state index < -0.39 is 0 Å². The van der Waals surface area contributed by atoms with E-state index in [9.17, 15) is 0 Å². The van der Waals surface area contributed by atoms with Crippen LogP contribution in [0.1, 0.15) is 0 Å². The van der Waals surface area contributed by atoms with E-state index in [0.717, 1.165) is 176 Å². The fourth-order valence-corrected chi connectivity index (χ4v) is 19.9. The predicted octanol–water partition coefficient (Wildman–Crippen LogP) is 31.0. The lowest BCUT2D eigenvalue weighted by molar-refractivity contribution is 0.666. The van der Waals surface area contributed by atoms with E-state index in [0.29, 0.717) is 34.9 Å². The van der Waals surface area contributed by atoms with Crippen LogP contribution in [0.4, 0.5) is 0 Å². The van der Waals surface area contributed by atoms with Gasteiger partial charge in [-0.2, -0.15) is 0 Å². The van der Waals surface area contributed by atoms with Gasteiger partial charge >= 0.3 is 0 Å². The number of hydrogen-bond acceptors (Lipinski definition) is 10. The van der Waals surface area contributed by atoms with Gasteiger partial charge in [0, 0.05) is 92.5 Å². The Bertz CT molecular complexity index is 9470. The zero-order chi connectivity index (χ0) is 83.8. The molecule has 0 atom stereocenters. The standard InChI is InChI=1S/C59H34N4O2.C57H32N4O2/c1-2-13-35(14-3-1)36-25-27-37(28-26-36)57-60-58(62-59(61-57)46-22-12-21-43-42-19-8-10-23-52(42)64-55(43)46)45-29-30-49(56-54(45)44-20-9-11-24-53(44)65-56)63-50-33-40-17-6-4-15-38(40)31-47(50)48-32-39-16-5-7-18-41(39)34-51(48)63;1-2-15-36-32-48-45(30-35(36)14-1)52-39-18-6-4-13-34(39)24-27-46(52)61(48)47-28-26-43(53-42-20-8-10-23-50(42)63-54(47)53)57-59-55(37-25-29-51-44(31-37)40-19-7-9-22-49(40)62-51)58-56(60-57)41-21-11-16-33-12-3-5-17-38(33)41/h1-34H;1-32H. The molecular weight excluding hydrogens is 1570 g/mol. The van der Waals surface area contributed by atoms with Gasteiger partial charge in [0.25, 0.3) is 0 Å². The summed E-state index contributed by atoms with van der Waals surface area (Å²) in [7, 11) is 0. The molecule has 0 bridgehead atoms. The van der Waals surface area contributed by atoms with Crippen LogP contribution in [-0.4, -0.2) is 39.0 Å². The Kier molecular flexibility index (Phi) is 15.6. The minimum atomic E-state index is 0.521. The Hall–Kier alpha value is -17.5. The van der Waals surface area contributed by atoms with Crippen LogP contribution >= 0.6 is 0 Å². The van der Waals surface area contributed by atoms with Crippen molar-refractivity contribution in [3.05, 3.63) is 400 Å². The fourth-order valence-electron chi connectivity index (χ4n) is 19.9. The highest BCUT2D eigenvalue weighted by Gasteiger charge is 2.29. The summed E-state index contributed by atoms with van der Waals surface area (Å²) in [5, 5.41) is 24.4. The first-order valence-electron chi connectivity index (χ1n) is 43.0. The molecule has 0 saturated carbocycles. The Balaban J connectivity index is 0.000000132. The first kappa shape index (κ1) is 71.1. The smallest absolute Gasteiger partial charge is 0.167 e. The molecule has 0 fully saturated rings. The minimum Gasteiger partial charge on any atom is -0.456 e. The van der Waals surface area contributed by atoms with Crippen LogP contribution < -0.4 is 0 Å². The summed E-state index contributed by atoms with van der Waals surface area (Å²) in [6, 6.07) is 140. The van der Waals surface area contributed by atoms with Gasteiger partial charge < -0.3 is 26.8 Å². The molecule has 0 N–H and O–H groups in total. The highest BCUT2D eigenvalue weighted by molar-refractivity contribution is 6.26. The van der Waals surface area contributed by atoms with Crippen molar-refractivity contribution in [2.45, 2.75) is 0 Å². The van der Waals surface area contributed by atoms with Crippen LogP contribution in [0.2, 0.25) is 0 Å². The number of nitrogens with zero attached hydrogens (tertiary/aromatic N) is 8. The maximum atomic E-state index is 7.01. The first-order valence-corrected chi connectivity index (χ1v) is 43.0. The SMILES string of the molecule is c1ccc(-c2ccc(-c3nc(-c4cccc5c4oc4ccccc45)nc(-c4ccc(-n5c6cc7ccccc7cc6c6cc7ccccc7cc65)c5oc6ccccc6c45)n3)cc2)cc1.c1ccc2cc3c(cc2c1)c1c2ccccc2ccc1n3-c1ccc(-c2nc(-c3ccc4oc5ccccc5c4c3)nc(-c3cccc4ccccc34)n2)c2c1oc1ccccc12. The molecule has 0 spiro atoms. The summed E-state index contributed by atoms with van der Waals surface area (Å²) >= 11 is 0. The molecule has 594 valence electrons. The summed E-state index contributed by atoms with van der Waals surface area (Å²) in [6.45, 7) is 0. The second kappa shape index (κ2) is 28.0. The van der Waals surface area contributed by atoms with Gasteiger partial charge in [-0.3, -0.25) is 0 Å². The maximum absolute atomic E-state index is 7.01. The molecule has 0 amide bonds. The molecule has 0 saturated heterocycles. The summed E-state index contributed by atoms with van der Waals surface area (Å²) in [6.07, 6.45) is 0. The van der Waals surface area contributed by atoms with Crippen molar-refractivity contribution < 1.29 is 17.7 Å². The molecule has 12 nitrogen and oxygen atoms in total.